The van der Waals surface area contributed by atoms with E-state index in [1.807, 2.05) is 66.1 Å². The van der Waals surface area contributed by atoms with Gasteiger partial charge in [-0.15, -0.1) is 10.2 Å². The van der Waals surface area contributed by atoms with Crippen LogP contribution >= 0.6 is 11.8 Å². The van der Waals surface area contributed by atoms with Gasteiger partial charge < -0.3 is 10.1 Å². The Morgan fingerprint density at radius 2 is 1.76 bits per heavy atom. The summed E-state index contributed by atoms with van der Waals surface area (Å²) < 4.78 is 34.1. The lowest BCUT2D eigenvalue weighted by Crippen LogP contribution is -2.15. The van der Waals surface area contributed by atoms with Crippen molar-refractivity contribution in [2.75, 3.05) is 11.1 Å². The van der Waals surface area contributed by atoms with Crippen LogP contribution in [0.15, 0.2) is 78.0 Å². The van der Waals surface area contributed by atoms with Crippen molar-refractivity contribution in [2.45, 2.75) is 18.7 Å². The quantitative estimate of drug-likeness (QED) is 0.363. The van der Waals surface area contributed by atoms with E-state index >= 15 is 0 Å². The molecule has 0 aliphatic heterocycles. The van der Waals surface area contributed by atoms with E-state index in [9.17, 15) is 13.6 Å². The van der Waals surface area contributed by atoms with Gasteiger partial charge in [0.05, 0.1) is 5.75 Å². The van der Waals surface area contributed by atoms with Crippen molar-refractivity contribution in [2.24, 2.45) is 0 Å². The summed E-state index contributed by atoms with van der Waals surface area (Å²) in [4.78, 5) is 12.3. The van der Waals surface area contributed by atoms with Crippen LogP contribution < -0.4 is 10.1 Å². The summed E-state index contributed by atoms with van der Waals surface area (Å²) in [7, 11) is 0. The number of nitrogens with one attached hydrogen (secondary N) is 1. The van der Waals surface area contributed by atoms with Crippen molar-refractivity contribution in [3.05, 3.63) is 95.8 Å². The number of thioether (sulfide) groups is 1. The zero-order valence-electron chi connectivity index (χ0n) is 17.7. The Balaban J connectivity index is 1.48. The first-order valence-electron chi connectivity index (χ1n) is 10.1. The monoisotopic (exact) mass is 466 g/mol. The van der Waals surface area contributed by atoms with E-state index in [-0.39, 0.29) is 24.0 Å². The molecule has 1 N–H and O–H groups in total. The highest BCUT2D eigenvalue weighted by Gasteiger charge is 2.17. The Labute approximate surface area is 193 Å². The van der Waals surface area contributed by atoms with E-state index in [2.05, 4.69) is 15.5 Å². The van der Waals surface area contributed by atoms with Gasteiger partial charge >= 0.3 is 0 Å². The Bertz CT molecular complexity index is 1250. The van der Waals surface area contributed by atoms with Crippen LogP contribution in [0.3, 0.4) is 0 Å². The van der Waals surface area contributed by atoms with Gasteiger partial charge in [-0.3, -0.25) is 9.36 Å². The second kappa shape index (κ2) is 10.3. The number of amides is 1. The first-order valence-corrected chi connectivity index (χ1v) is 11.0. The predicted octanol–water partition coefficient (Wildman–Crippen LogP) is 5.16. The Morgan fingerprint density at radius 3 is 2.48 bits per heavy atom. The number of rotatable bonds is 8. The van der Waals surface area contributed by atoms with Crippen LogP contribution in [0.4, 0.5) is 14.5 Å². The number of aromatic nitrogens is 3. The number of para-hydroxylation sites is 1. The minimum Gasteiger partial charge on any atom is -0.486 e. The number of benzene rings is 3. The standard InChI is InChI=1S/C24H20F2N4O2S/c1-16-7-10-19(11-8-16)32-14-22-28-29-24(30(22)18-5-3-2-4-6-18)33-15-23(31)27-17-9-12-20(25)21(26)13-17/h2-13H,14-15H2,1H3,(H,27,31). The molecule has 1 heterocycles. The average molecular weight is 467 g/mol. The van der Waals surface area contributed by atoms with Gasteiger partial charge in [-0.1, -0.05) is 47.7 Å². The van der Waals surface area contributed by atoms with Crippen LogP contribution in [0.5, 0.6) is 5.75 Å². The second-order valence-corrected chi connectivity index (χ2v) is 8.08. The Kier molecular flexibility index (Phi) is 6.99. The number of anilines is 1. The molecule has 0 atom stereocenters. The van der Waals surface area contributed by atoms with Gasteiger partial charge in [0, 0.05) is 17.4 Å². The zero-order valence-corrected chi connectivity index (χ0v) is 18.5. The minimum absolute atomic E-state index is 0.00276. The number of ether oxygens (including phenoxy) is 1. The highest BCUT2D eigenvalue weighted by atomic mass is 32.2. The summed E-state index contributed by atoms with van der Waals surface area (Å²) >= 11 is 1.17. The lowest BCUT2D eigenvalue weighted by Gasteiger charge is -2.11. The molecule has 0 bridgehead atoms. The van der Waals surface area contributed by atoms with Gasteiger partial charge in [-0.25, -0.2) is 8.78 Å². The van der Waals surface area contributed by atoms with Gasteiger partial charge in [0.2, 0.25) is 5.91 Å². The third-order valence-electron chi connectivity index (χ3n) is 4.64. The van der Waals surface area contributed by atoms with E-state index in [4.69, 9.17) is 4.74 Å². The van der Waals surface area contributed by atoms with Gasteiger partial charge in [0.1, 0.15) is 12.4 Å². The molecule has 0 spiro atoms. The van der Waals surface area contributed by atoms with Gasteiger partial charge in [-0.2, -0.15) is 0 Å². The maximum atomic E-state index is 13.4. The van der Waals surface area contributed by atoms with Gasteiger partial charge in [0.15, 0.2) is 22.6 Å². The molecule has 33 heavy (non-hydrogen) atoms. The summed E-state index contributed by atoms with van der Waals surface area (Å²) in [6, 6.07) is 20.4. The van der Waals surface area contributed by atoms with Crippen LogP contribution in [0.25, 0.3) is 5.69 Å². The van der Waals surface area contributed by atoms with Crippen LogP contribution in [0.2, 0.25) is 0 Å². The maximum absolute atomic E-state index is 13.4. The fraction of sp³-hybridized carbons (Fsp3) is 0.125. The normalized spacial score (nSPS) is 10.8. The Hall–Kier alpha value is -3.72. The number of hydrogen-bond acceptors (Lipinski definition) is 5. The molecule has 9 heteroatoms. The molecule has 168 valence electrons. The van der Waals surface area contributed by atoms with E-state index in [1.165, 1.54) is 17.8 Å². The molecule has 0 radical (unpaired) electrons. The number of halogens is 2. The molecule has 0 aliphatic rings. The van der Waals surface area contributed by atoms with E-state index in [1.54, 1.807) is 0 Å². The third kappa shape index (κ3) is 5.75. The van der Waals surface area contributed by atoms with E-state index < -0.39 is 11.6 Å². The molecule has 3 aromatic carbocycles. The van der Waals surface area contributed by atoms with Crippen LogP contribution in [-0.4, -0.2) is 26.4 Å². The minimum atomic E-state index is -1.03. The fourth-order valence-corrected chi connectivity index (χ4v) is 3.78. The molecule has 0 saturated heterocycles. The number of carbonyl (C=O) groups excluding carboxylic acids is 1. The van der Waals surface area contributed by atoms with Crippen LogP contribution in [0.1, 0.15) is 11.4 Å². The van der Waals surface area contributed by atoms with Crippen molar-refractivity contribution in [1.29, 1.82) is 0 Å². The molecular weight excluding hydrogens is 446 g/mol. The summed E-state index contributed by atoms with van der Waals surface area (Å²) in [5.74, 6) is -1.09. The van der Waals surface area contributed by atoms with Crippen molar-refractivity contribution in [1.82, 2.24) is 14.8 Å². The number of nitrogens with zero attached hydrogens (tertiary/aromatic N) is 3. The first kappa shape index (κ1) is 22.5. The average Bonchev–Trinajstić information content (AvgIpc) is 3.23. The smallest absolute Gasteiger partial charge is 0.234 e. The van der Waals surface area contributed by atoms with Gasteiger partial charge in [0.25, 0.3) is 0 Å². The predicted molar refractivity (Wildman–Crippen MR) is 123 cm³/mol. The zero-order chi connectivity index (χ0) is 23.2. The number of carbonyl (C=O) groups is 1. The van der Waals surface area contributed by atoms with Crippen LogP contribution in [-0.2, 0) is 11.4 Å². The molecule has 4 aromatic rings. The molecule has 0 fully saturated rings. The fourth-order valence-electron chi connectivity index (χ4n) is 3.01. The number of hydrogen-bond donors (Lipinski definition) is 1. The topological polar surface area (TPSA) is 69.0 Å². The lowest BCUT2D eigenvalue weighted by molar-refractivity contribution is -0.113. The summed E-state index contributed by atoms with van der Waals surface area (Å²) in [6.45, 7) is 2.19. The molecule has 4 rings (SSSR count). The molecule has 0 aliphatic carbocycles. The van der Waals surface area contributed by atoms with Crippen molar-refractivity contribution in [3.8, 4) is 11.4 Å². The summed E-state index contributed by atoms with van der Waals surface area (Å²) in [5.41, 5.74) is 2.14. The Morgan fingerprint density at radius 1 is 1.00 bits per heavy atom. The second-order valence-electron chi connectivity index (χ2n) is 7.14. The lowest BCUT2D eigenvalue weighted by atomic mass is 10.2. The van der Waals surface area contributed by atoms with E-state index in [0.717, 1.165) is 23.4 Å². The van der Waals surface area contributed by atoms with Crippen molar-refractivity contribution in [3.63, 3.8) is 0 Å². The highest BCUT2D eigenvalue weighted by molar-refractivity contribution is 7.99. The summed E-state index contributed by atoms with van der Waals surface area (Å²) in [5, 5.41) is 11.5. The number of aryl methyl sites for hydroxylation is 1. The molecule has 1 amide bonds. The SMILES string of the molecule is Cc1ccc(OCc2nnc(SCC(=O)Nc3ccc(F)c(F)c3)n2-c2ccccc2)cc1. The molecule has 1 aromatic heterocycles. The third-order valence-corrected chi connectivity index (χ3v) is 5.57. The highest BCUT2D eigenvalue weighted by Crippen LogP contribution is 2.24. The van der Waals surface area contributed by atoms with Crippen LogP contribution in [0, 0.1) is 18.6 Å². The largest absolute Gasteiger partial charge is 0.486 e. The van der Waals surface area contributed by atoms with E-state index in [0.29, 0.717) is 16.7 Å². The van der Waals surface area contributed by atoms with Gasteiger partial charge in [-0.05, 0) is 43.3 Å². The van der Waals surface area contributed by atoms with Crippen molar-refractivity contribution < 1.29 is 18.3 Å². The molecule has 0 saturated carbocycles. The molecular formula is C24H20F2N4O2S. The summed E-state index contributed by atoms with van der Waals surface area (Å²) in [6.07, 6.45) is 0. The maximum Gasteiger partial charge on any atom is 0.234 e. The van der Waals surface area contributed by atoms with Crippen molar-refractivity contribution >= 4 is 23.4 Å². The molecule has 6 nitrogen and oxygen atoms in total. The molecule has 0 unspecified atom stereocenters. The first-order chi connectivity index (χ1) is 16.0.